The number of piperidine rings is 1. The number of nitrogens with one attached hydrogen (secondary N) is 1. The molecular weight excluding hydrogens is 750 g/mol. The molecule has 1 atom stereocenters. The molecule has 2 aromatic carbocycles. The number of imide groups is 2. The number of anilines is 1. The lowest BCUT2D eigenvalue weighted by atomic mass is 9.99. The predicted octanol–water partition coefficient (Wildman–Crippen LogP) is 1.99. The van der Waals surface area contributed by atoms with Gasteiger partial charge in [-0.05, 0) is 60.8 Å². The second-order valence-corrected chi connectivity index (χ2v) is 14.2. The molecule has 7 rings (SSSR count). The van der Waals surface area contributed by atoms with E-state index in [2.05, 4.69) is 25.0 Å². The van der Waals surface area contributed by atoms with Crippen LogP contribution < -0.4 is 25.2 Å². The summed E-state index contributed by atoms with van der Waals surface area (Å²) in [5.74, 6) is -0.646. The van der Waals surface area contributed by atoms with Crippen LogP contribution in [-0.4, -0.2) is 139 Å². The maximum Gasteiger partial charge on any atom is 0.290 e. The topological polar surface area (TPSA) is 193 Å². The fourth-order valence-electron chi connectivity index (χ4n) is 7.59. The fourth-order valence-corrected chi connectivity index (χ4v) is 7.59. The third-order valence-electron chi connectivity index (χ3n) is 10.7. The highest BCUT2D eigenvalue weighted by Gasteiger charge is 2.44. The van der Waals surface area contributed by atoms with Crippen molar-refractivity contribution >= 4 is 46.6 Å². The fraction of sp³-hybridized carbons (Fsp3) is 0.390. The summed E-state index contributed by atoms with van der Waals surface area (Å²) < 4.78 is 19.3. The van der Waals surface area contributed by atoms with Crippen molar-refractivity contribution in [2.75, 3.05) is 78.6 Å². The summed E-state index contributed by atoms with van der Waals surface area (Å²) in [6, 6.07) is 10.1. The molecule has 4 aromatic rings. The van der Waals surface area contributed by atoms with Crippen molar-refractivity contribution in [1.29, 1.82) is 0 Å². The molecule has 3 aliphatic heterocycles. The number of pyridine rings is 2. The number of fused-ring (bicyclic) bond motifs is 2. The minimum Gasteiger partial charge on any atom is -0.496 e. The highest BCUT2D eigenvalue weighted by Crippen LogP contribution is 2.38. The standard InChI is InChI=1S/C40H45N7O8.CH2O2/c1-43(23-32-34(53-3)19-25(20-35(32)54-4)31-24-44(2)38(50)30-22-41-10-9-27(30)31)15-17-55-18-16-45-11-13-46(14-12-45)26-5-6-28-29(21-26)40(52)47(39(28)51)33-7-8-36(48)42-37(33)49;2-1-3/h5-6,9-10,19-22,24,33H,7-8,11-18,23H2,1-4H3,(H,42,48,49);1H,(H,2,3). The molecule has 0 spiro atoms. The number of methoxy groups -OCH3 is 2. The van der Waals surface area contributed by atoms with Gasteiger partial charge in [-0.3, -0.25) is 53.8 Å². The second kappa shape index (κ2) is 18.4. The molecule has 2 N–H and O–H groups in total. The molecule has 2 aromatic heterocycles. The molecule has 306 valence electrons. The zero-order valence-electron chi connectivity index (χ0n) is 32.9. The van der Waals surface area contributed by atoms with E-state index >= 15 is 0 Å². The molecule has 5 heterocycles. The van der Waals surface area contributed by atoms with Crippen molar-refractivity contribution in [3.63, 3.8) is 0 Å². The van der Waals surface area contributed by atoms with Crippen molar-refractivity contribution < 1.29 is 43.3 Å². The number of carboxylic acid groups (broad SMARTS) is 1. The monoisotopic (exact) mass is 797 g/mol. The summed E-state index contributed by atoms with van der Waals surface area (Å²) in [7, 11) is 7.04. The Labute approximate surface area is 334 Å². The second-order valence-electron chi connectivity index (χ2n) is 14.2. The van der Waals surface area contributed by atoms with Gasteiger partial charge >= 0.3 is 0 Å². The van der Waals surface area contributed by atoms with Gasteiger partial charge in [0.25, 0.3) is 23.8 Å². The lowest BCUT2D eigenvalue weighted by Gasteiger charge is -2.36. The lowest BCUT2D eigenvalue weighted by molar-refractivity contribution is -0.136. The van der Waals surface area contributed by atoms with Crippen molar-refractivity contribution in [3.05, 3.63) is 82.0 Å². The van der Waals surface area contributed by atoms with E-state index in [0.29, 0.717) is 43.2 Å². The zero-order chi connectivity index (χ0) is 41.5. The number of hydrogen-bond acceptors (Lipinski definition) is 13. The Morgan fingerprint density at radius 1 is 0.914 bits per heavy atom. The number of benzene rings is 2. The predicted molar refractivity (Wildman–Crippen MR) is 213 cm³/mol. The first-order valence-electron chi connectivity index (χ1n) is 18.8. The number of ether oxygens (including phenoxy) is 3. The minimum atomic E-state index is -0.982. The first-order chi connectivity index (χ1) is 28.0. The van der Waals surface area contributed by atoms with E-state index in [1.54, 1.807) is 50.4 Å². The van der Waals surface area contributed by atoms with Crippen LogP contribution in [0, 0.1) is 0 Å². The number of likely N-dealkylation sites (N-methyl/N-ethyl adjacent to an activating group) is 1. The van der Waals surface area contributed by atoms with Crippen LogP contribution >= 0.6 is 0 Å². The van der Waals surface area contributed by atoms with Crippen LogP contribution in [0.1, 0.15) is 39.1 Å². The number of piperazine rings is 1. The van der Waals surface area contributed by atoms with Gasteiger partial charge in [0.05, 0.1) is 49.5 Å². The van der Waals surface area contributed by atoms with Crippen LogP contribution in [0.25, 0.3) is 21.9 Å². The van der Waals surface area contributed by atoms with Gasteiger partial charge in [-0.15, -0.1) is 0 Å². The Balaban J connectivity index is 0.00000183. The summed E-state index contributed by atoms with van der Waals surface area (Å²) >= 11 is 0. The number of carbonyl (C=O) groups is 5. The van der Waals surface area contributed by atoms with E-state index in [1.165, 1.54) is 0 Å². The third-order valence-corrected chi connectivity index (χ3v) is 10.7. The number of hydrogen-bond donors (Lipinski definition) is 2. The molecule has 0 aliphatic carbocycles. The quantitative estimate of drug-likeness (QED) is 0.113. The number of aryl methyl sites for hydroxylation is 1. The van der Waals surface area contributed by atoms with Crippen LogP contribution in [0.2, 0.25) is 0 Å². The number of aromatic nitrogens is 2. The molecule has 2 saturated heterocycles. The maximum absolute atomic E-state index is 13.3. The summed E-state index contributed by atoms with van der Waals surface area (Å²) in [5.41, 5.74) is 3.97. The van der Waals surface area contributed by atoms with E-state index in [0.717, 1.165) is 65.4 Å². The van der Waals surface area contributed by atoms with Gasteiger partial charge in [-0.25, -0.2) is 0 Å². The average Bonchev–Trinajstić information content (AvgIpc) is 3.47. The minimum absolute atomic E-state index is 0.0845. The molecule has 4 amide bonds. The van der Waals surface area contributed by atoms with E-state index in [9.17, 15) is 24.0 Å². The summed E-state index contributed by atoms with van der Waals surface area (Å²) in [6.45, 7) is 6.08. The average molecular weight is 798 g/mol. The van der Waals surface area contributed by atoms with Gasteiger partial charge in [-0.1, -0.05) is 0 Å². The van der Waals surface area contributed by atoms with E-state index < -0.39 is 29.7 Å². The number of carbonyl (C=O) groups excluding carboxylic acids is 4. The molecule has 58 heavy (non-hydrogen) atoms. The Kier molecular flexibility index (Phi) is 13.2. The van der Waals surface area contributed by atoms with Gasteiger partial charge in [0.2, 0.25) is 11.8 Å². The van der Waals surface area contributed by atoms with Gasteiger partial charge in [-0.2, -0.15) is 0 Å². The molecule has 1 unspecified atom stereocenters. The highest BCUT2D eigenvalue weighted by molar-refractivity contribution is 6.23. The van der Waals surface area contributed by atoms with E-state index in [1.807, 2.05) is 37.5 Å². The van der Waals surface area contributed by atoms with Gasteiger partial charge in [0.15, 0.2) is 0 Å². The van der Waals surface area contributed by atoms with Crippen LogP contribution in [-0.2, 0) is 32.7 Å². The Hall–Kier alpha value is -6.17. The highest BCUT2D eigenvalue weighted by atomic mass is 16.5. The molecule has 0 radical (unpaired) electrons. The van der Waals surface area contributed by atoms with Crippen LogP contribution in [0.15, 0.2) is 59.8 Å². The summed E-state index contributed by atoms with van der Waals surface area (Å²) in [5, 5.41) is 10.5. The van der Waals surface area contributed by atoms with Crippen molar-refractivity contribution in [2.45, 2.75) is 25.4 Å². The first-order valence-corrected chi connectivity index (χ1v) is 18.8. The van der Waals surface area contributed by atoms with E-state index in [-0.39, 0.29) is 36.0 Å². The zero-order valence-corrected chi connectivity index (χ0v) is 32.9. The van der Waals surface area contributed by atoms with Crippen LogP contribution in [0.4, 0.5) is 5.69 Å². The lowest BCUT2D eigenvalue weighted by Crippen LogP contribution is -2.54. The largest absolute Gasteiger partial charge is 0.496 e. The Morgan fingerprint density at radius 2 is 1.60 bits per heavy atom. The smallest absolute Gasteiger partial charge is 0.290 e. The molecule has 0 bridgehead atoms. The SMILES string of the molecule is COc1cc(-c2cn(C)c(=O)c3cnccc23)cc(OC)c1CN(C)CCOCCN1CCN(c2ccc3c(c2)C(=O)N(C2CCC(=O)NC2=O)C3=O)CC1.O=CO. The molecule has 2 fully saturated rings. The Bertz CT molecular complexity index is 2240. The molecule has 0 saturated carbocycles. The number of amides is 4. The van der Waals surface area contributed by atoms with Crippen molar-refractivity contribution in [3.8, 4) is 22.6 Å². The molecular formula is C41H47N7O10. The third kappa shape index (κ3) is 8.70. The first kappa shape index (κ1) is 41.5. The van der Waals surface area contributed by atoms with Crippen LogP contribution in [0.5, 0.6) is 11.5 Å². The summed E-state index contributed by atoms with van der Waals surface area (Å²) in [6.07, 6.45) is 5.31. The van der Waals surface area contributed by atoms with E-state index in [4.69, 9.17) is 24.1 Å². The number of rotatable bonds is 13. The van der Waals surface area contributed by atoms with Gasteiger partial charge < -0.3 is 28.8 Å². The molecule has 17 heteroatoms. The van der Waals surface area contributed by atoms with Gasteiger partial charge in [0.1, 0.15) is 17.5 Å². The van der Waals surface area contributed by atoms with Crippen LogP contribution in [0.3, 0.4) is 0 Å². The Morgan fingerprint density at radius 3 is 2.28 bits per heavy atom. The van der Waals surface area contributed by atoms with Crippen molar-refractivity contribution in [2.24, 2.45) is 7.05 Å². The van der Waals surface area contributed by atoms with Gasteiger partial charge in [0, 0.05) is 89.1 Å². The van der Waals surface area contributed by atoms with Crippen molar-refractivity contribution in [1.82, 2.24) is 29.6 Å². The maximum atomic E-state index is 13.3. The normalized spacial score (nSPS) is 16.9. The molecule has 17 nitrogen and oxygen atoms in total. The number of nitrogens with zero attached hydrogens (tertiary/aromatic N) is 6. The summed E-state index contributed by atoms with van der Waals surface area (Å²) in [4.78, 5) is 83.3. The molecule has 3 aliphatic rings.